The summed E-state index contributed by atoms with van der Waals surface area (Å²) < 4.78 is 0. The van der Waals surface area contributed by atoms with Gasteiger partial charge in [-0.25, -0.2) is 0 Å². The van der Waals surface area contributed by atoms with Gasteiger partial charge in [-0.3, -0.25) is 0 Å². The summed E-state index contributed by atoms with van der Waals surface area (Å²) in [4.78, 5) is 0. The minimum Gasteiger partial charge on any atom is -0.197 e. The molecule has 0 radical (unpaired) electrons. The average molecular weight is 167 g/mol. The van der Waals surface area contributed by atoms with Gasteiger partial charge in [-0.15, -0.1) is 0 Å². The lowest BCUT2D eigenvalue weighted by molar-refractivity contribution is 0.338. The van der Waals surface area contributed by atoms with E-state index in [2.05, 4.69) is 29.3 Å². The van der Waals surface area contributed by atoms with Gasteiger partial charge >= 0.3 is 0 Å². The lowest BCUT2D eigenvalue weighted by atomic mass is 9.82. The summed E-state index contributed by atoms with van der Waals surface area (Å²) in [6.45, 7) is 4.57. The van der Waals surface area contributed by atoms with Crippen molar-refractivity contribution in [3.05, 3.63) is 11.4 Å². The van der Waals surface area contributed by atoms with Crippen LogP contribution in [-0.2, 0) is 12.8 Å². The van der Waals surface area contributed by atoms with Crippen LogP contribution in [0.1, 0.15) is 33.1 Å². The van der Waals surface area contributed by atoms with Crippen molar-refractivity contribution in [1.29, 1.82) is 0 Å². The Balaban J connectivity index is 0.000000845. The van der Waals surface area contributed by atoms with Gasteiger partial charge in [0.1, 0.15) is 0 Å². The molecule has 68 valence electrons. The van der Waals surface area contributed by atoms with Gasteiger partial charge in [0.25, 0.3) is 0 Å². The summed E-state index contributed by atoms with van der Waals surface area (Å²) in [5.41, 5.74) is 2.38. The molecule has 1 aliphatic rings. The molecule has 3 nitrogen and oxygen atoms in total. The molecule has 12 heavy (non-hydrogen) atoms. The zero-order chi connectivity index (χ0) is 8.55. The number of nitrogens with one attached hydrogen (secondary N) is 1. The summed E-state index contributed by atoms with van der Waals surface area (Å²) in [6, 6.07) is 0. The van der Waals surface area contributed by atoms with Crippen LogP contribution in [0.5, 0.6) is 0 Å². The Hall–Kier alpha value is -0.860. The van der Waals surface area contributed by atoms with E-state index < -0.39 is 0 Å². The number of aromatic amines is 1. The van der Waals surface area contributed by atoms with Crippen molar-refractivity contribution < 1.29 is 1.43 Å². The largest absolute Gasteiger partial charge is 0.197 e. The van der Waals surface area contributed by atoms with E-state index in [0.717, 1.165) is 24.7 Å². The summed E-state index contributed by atoms with van der Waals surface area (Å²) >= 11 is 0. The van der Waals surface area contributed by atoms with Crippen LogP contribution in [0.25, 0.3) is 0 Å². The van der Waals surface area contributed by atoms with Crippen molar-refractivity contribution in [2.75, 3.05) is 0 Å². The Morgan fingerprint density at radius 2 is 2.17 bits per heavy atom. The zero-order valence-corrected chi connectivity index (χ0v) is 7.67. The van der Waals surface area contributed by atoms with Gasteiger partial charge in [0.2, 0.25) is 0 Å². The van der Waals surface area contributed by atoms with Crippen molar-refractivity contribution >= 4 is 0 Å². The zero-order valence-electron chi connectivity index (χ0n) is 7.67. The van der Waals surface area contributed by atoms with Crippen molar-refractivity contribution in [2.45, 2.75) is 33.1 Å². The van der Waals surface area contributed by atoms with E-state index in [-0.39, 0.29) is 1.43 Å². The molecule has 0 spiro atoms. The molecular weight excluding hydrogens is 150 g/mol. The molecule has 0 aliphatic heterocycles. The molecule has 1 aliphatic carbocycles. The van der Waals surface area contributed by atoms with E-state index in [9.17, 15) is 0 Å². The van der Waals surface area contributed by atoms with E-state index in [1.807, 2.05) is 0 Å². The highest BCUT2D eigenvalue weighted by Crippen LogP contribution is 2.27. The quantitative estimate of drug-likeness (QED) is 0.693. The fraction of sp³-hybridized carbons (Fsp3) is 0.778. The number of rotatable bonds is 1. The van der Waals surface area contributed by atoms with Crippen molar-refractivity contribution in [1.82, 2.24) is 15.4 Å². The Bertz CT molecular complexity index is 270. The van der Waals surface area contributed by atoms with Gasteiger partial charge in [0, 0.05) is 1.43 Å². The van der Waals surface area contributed by atoms with Crippen LogP contribution in [0.4, 0.5) is 0 Å². The second-order valence-corrected chi connectivity index (χ2v) is 3.96. The van der Waals surface area contributed by atoms with Gasteiger partial charge in [0.05, 0.1) is 11.4 Å². The normalized spacial score (nSPS) is 22.8. The van der Waals surface area contributed by atoms with Gasteiger partial charge in [-0.1, -0.05) is 13.8 Å². The van der Waals surface area contributed by atoms with Crippen molar-refractivity contribution in [2.24, 2.45) is 11.8 Å². The number of aryl methyl sites for hydroxylation is 1. The van der Waals surface area contributed by atoms with Crippen LogP contribution >= 0.6 is 0 Å². The molecule has 0 bridgehead atoms. The van der Waals surface area contributed by atoms with E-state index in [1.165, 1.54) is 17.8 Å². The van der Waals surface area contributed by atoms with Crippen molar-refractivity contribution in [3.8, 4) is 0 Å². The molecule has 0 saturated heterocycles. The highest BCUT2D eigenvalue weighted by molar-refractivity contribution is 5.13. The first-order chi connectivity index (χ1) is 5.77. The van der Waals surface area contributed by atoms with Crippen LogP contribution in [0.3, 0.4) is 0 Å². The highest BCUT2D eigenvalue weighted by atomic mass is 15.3. The molecule has 2 rings (SSSR count). The molecule has 1 atom stereocenters. The van der Waals surface area contributed by atoms with E-state index >= 15 is 0 Å². The smallest absolute Gasteiger partial charge is 0.0859 e. The molecular formula is C9H17N3. The maximum absolute atomic E-state index is 4.15. The van der Waals surface area contributed by atoms with Crippen LogP contribution in [0.2, 0.25) is 0 Å². The van der Waals surface area contributed by atoms with Crippen LogP contribution in [0.15, 0.2) is 0 Å². The molecule has 0 aromatic carbocycles. The first-order valence-corrected chi connectivity index (χ1v) is 4.66. The Morgan fingerprint density at radius 1 is 1.42 bits per heavy atom. The molecule has 1 N–H and O–H groups in total. The molecule has 3 heteroatoms. The lowest BCUT2D eigenvalue weighted by Gasteiger charge is -2.23. The Labute approximate surface area is 74.1 Å². The van der Waals surface area contributed by atoms with Gasteiger partial charge in [0.15, 0.2) is 0 Å². The molecule has 0 amide bonds. The second kappa shape index (κ2) is 2.88. The van der Waals surface area contributed by atoms with E-state index in [0.29, 0.717) is 0 Å². The predicted molar refractivity (Wildman–Crippen MR) is 48.8 cm³/mol. The first-order valence-electron chi connectivity index (χ1n) is 4.66. The molecule has 1 aromatic rings. The number of hydrogen-bond acceptors (Lipinski definition) is 2. The lowest BCUT2D eigenvalue weighted by Crippen LogP contribution is -2.18. The molecule has 0 fully saturated rings. The monoisotopic (exact) mass is 167 g/mol. The molecule has 1 aromatic heterocycles. The fourth-order valence-electron chi connectivity index (χ4n) is 1.88. The maximum Gasteiger partial charge on any atom is 0.0859 e. The van der Waals surface area contributed by atoms with Crippen LogP contribution in [0, 0.1) is 11.8 Å². The van der Waals surface area contributed by atoms with E-state index in [4.69, 9.17) is 0 Å². The summed E-state index contributed by atoms with van der Waals surface area (Å²) in [6.07, 6.45) is 3.50. The van der Waals surface area contributed by atoms with Crippen LogP contribution < -0.4 is 0 Å². The first kappa shape index (κ1) is 7.77. The second-order valence-electron chi connectivity index (χ2n) is 3.96. The number of fused-ring (bicyclic) bond motifs is 1. The SMILES string of the molecule is CC(C)C1CCc2n[nH]nc2C1.[HH]. The third-order valence-electron chi connectivity index (χ3n) is 2.85. The number of H-pyrrole nitrogens is 1. The summed E-state index contributed by atoms with van der Waals surface area (Å²) in [5, 5.41) is 11.0. The average Bonchev–Trinajstić information content (AvgIpc) is 2.49. The Morgan fingerprint density at radius 3 is 2.92 bits per heavy atom. The molecule has 1 unspecified atom stereocenters. The summed E-state index contributed by atoms with van der Waals surface area (Å²) in [7, 11) is 0. The molecule has 1 heterocycles. The third kappa shape index (κ3) is 1.24. The standard InChI is InChI=1S/C9H15N3.H2/c1-6(2)7-3-4-8-9(5-7)11-12-10-8;/h6-7H,3-5H2,1-2H3,(H,10,11,12);1H. The minimum absolute atomic E-state index is 0. The van der Waals surface area contributed by atoms with Crippen LogP contribution in [-0.4, -0.2) is 15.4 Å². The topological polar surface area (TPSA) is 41.6 Å². The van der Waals surface area contributed by atoms with Gasteiger partial charge in [-0.05, 0) is 31.1 Å². The number of aromatic nitrogens is 3. The van der Waals surface area contributed by atoms with E-state index in [1.54, 1.807) is 0 Å². The number of nitrogens with zero attached hydrogens (tertiary/aromatic N) is 2. The predicted octanol–water partition coefficient (Wildman–Crippen LogP) is 1.81. The maximum atomic E-state index is 4.15. The Kier molecular flexibility index (Phi) is 1.87. The minimum atomic E-state index is 0. The molecule has 0 saturated carbocycles. The number of hydrogen-bond donors (Lipinski definition) is 1. The van der Waals surface area contributed by atoms with Gasteiger partial charge in [-0.2, -0.15) is 15.4 Å². The fourth-order valence-corrected chi connectivity index (χ4v) is 1.88. The van der Waals surface area contributed by atoms with Gasteiger partial charge < -0.3 is 0 Å². The summed E-state index contributed by atoms with van der Waals surface area (Å²) in [5.74, 6) is 1.58. The van der Waals surface area contributed by atoms with Crippen molar-refractivity contribution in [3.63, 3.8) is 0 Å². The third-order valence-corrected chi connectivity index (χ3v) is 2.85. The highest BCUT2D eigenvalue weighted by Gasteiger charge is 2.23.